The fourth-order valence-corrected chi connectivity index (χ4v) is 3.93. The van der Waals surface area contributed by atoms with Gasteiger partial charge in [0.1, 0.15) is 0 Å². The normalized spacial score (nSPS) is 13.6. The molecular formula is C14H8NNaO5S2. The number of hydrogen-bond acceptors (Lipinski definition) is 7. The Balaban J connectivity index is 0.00000192. The number of ketones is 2. The molecule has 6 nitrogen and oxygen atoms in total. The molecule has 2 heterocycles. The number of rotatable bonds is 3. The van der Waals surface area contributed by atoms with Crippen LogP contribution in [0.5, 0.6) is 0 Å². The van der Waals surface area contributed by atoms with Gasteiger partial charge in [0, 0.05) is 11.1 Å². The Morgan fingerprint density at radius 2 is 1.83 bits per heavy atom. The van der Waals surface area contributed by atoms with Crippen molar-refractivity contribution >= 4 is 46.1 Å². The molecule has 3 rings (SSSR count). The van der Waals surface area contributed by atoms with Crippen molar-refractivity contribution in [1.29, 1.82) is 0 Å². The van der Waals surface area contributed by atoms with E-state index >= 15 is 0 Å². The van der Waals surface area contributed by atoms with Gasteiger partial charge in [0.25, 0.3) is 5.91 Å². The smallest absolute Gasteiger partial charge is 0.548 e. The summed E-state index contributed by atoms with van der Waals surface area (Å²) in [4.78, 5) is 48.0. The number of aliphatic carboxylic acids is 1. The first-order valence-corrected chi connectivity index (χ1v) is 7.92. The first kappa shape index (κ1) is 18.0. The third-order valence-corrected chi connectivity index (χ3v) is 5.27. The molecule has 0 aliphatic heterocycles. The zero-order valence-corrected chi connectivity index (χ0v) is 15.8. The number of hydrogen-bond donors (Lipinski definition) is 1. The molecule has 0 saturated carbocycles. The van der Waals surface area contributed by atoms with Gasteiger partial charge in [-0.1, -0.05) is 0 Å². The number of nitrogens with one attached hydrogen (secondary N) is 1. The van der Waals surface area contributed by atoms with Crippen LogP contribution in [-0.2, 0) is 4.79 Å². The number of fused-ring (bicyclic) bond motifs is 2. The minimum atomic E-state index is -1.41. The standard InChI is InChI=1S/C14H9NO5S2.Na/c1-5(14(19)20)15-13(18)8-4-7-10(17)11-6(2-3-21-11)9(16)12(7)22-8;/h2-5H,1H3,(H,15,18)(H,19,20);/q;+1/p-1/t5-;/m0./s1. The van der Waals surface area contributed by atoms with Crippen molar-refractivity contribution in [2.75, 3.05) is 0 Å². The van der Waals surface area contributed by atoms with Crippen LogP contribution < -0.4 is 40.0 Å². The fourth-order valence-electron chi connectivity index (χ4n) is 2.08. The van der Waals surface area contributed by atoms with Gasteiger partial charge in [0.05, 0.1) is 26.6 Å². The molecule has 0 radical (unpaired) electrons. The number of amides is 1. The summed E-state index contributed by atoms with van der Waals surface area (Å²) >= 11 is 2.07. The van der Waals surface area contributed by atoms with Crippen LogP contribution in [0.3, 0.4) is 0 Å². The van der Waals surface area contributed by atoms with Gasteiger partial charge in [-0.25, -0.2) is 0 Å². The zero-order valence-electron chi connectivity index (χ0n) is 12.2. The van der Waals surface area contributed by atoms with Crippen LogP contribution in [0.15, 0.2) is 17.5 Å². The molecule has 9 heteroatoms. The summed E-state index contributed by atoms with van der Waals surface area (Å²) in [6.07, 6.45) is 0. The van der Waals surface area contributed by atoms with E-state index in [2.05, 4.69) is 5.32 Å². The third-order valence-electron chi connectivity index (χ3n) is 3.22. The predicted molar refractivity (Wildman–Crippen MR) is 77.4 cm³/mol. The molecule has 0 fully saturated rings. The molecule has 2 aromatic rings. The third kappa shape index (κ3) is 3.05. The van der Waals surface area contributed by atoms with E-state index in [1.807, 2.05) is 0 Å². The molecule has 1 amide bonds. The van der Waals surface area contributed by atoms with Crippen LogP contribution in [-0.4, -0.2) is 29.5 Å². The maximum atomic E-state index is 12.3. The molecule has 23 heavy (non-hydrogen) atoms. The summed E-state index contributed by atoms with van der Waals surface area (Å²) < 4.78 is 0. The van der Waals surface area contributed by atoms with Gasteiger partial charge < -0.3 is 15.2 Å². The molecule has 0 unspecified atom stereocenters. The van der Waals surface area contributed by atoms with Gasteiger partial charge in [-0.15, -0.1) is 22.7 Å². The summed E-state index contributed by atoms with van der Waals surface area (Å²) in [7, 11) is 0. The number of carboxylic acids is 1. The number of carboxylic acid groups (broad SMARTS) is 1. The van der Waals surface area contributed by atoms with E-state index in [0.717, 1.165) is 11.3 Å². The van der Waals surface area contributed by atoms with E-state index in [9.17, 15) is 24.3 Å². The van der Waals surface area contributed by atoms with Crippen molar-refractivity contribution in [1.82, 2.24) is 5.32 Å². The monoisotopic (exact) mass is 357 g/mol. The van der Waals surface area contributed by atoms with E-state index < -0.39 is 17.9 Å². The molecular weight excluding hydrogens is 349 g/mol. The Bertz CT molecular complexity index is 790. The Morgan fingerprint density at radius 3 is 2.48 bits per heavy atom. The van der Waals surface area contributed by atoms with Gasteiger partial charge in [-0.2, -0.15) is 0 Å². The van der Waals surface area contributed by atoms with Crippen LogP contribution >= 0.6 is 22.7 Å². The first-order chi connectivity index (χ1) is 10.4. The zero-order chi connectivity index (χ0) is 16.0. The van der Waals surface area contributed by atoms with E-state index in [0.29, 0.717) is 10.4 Å². The average Bonchev–Trinajstić information content (AvgIpc) is 3.11. The van der Waals surface area contributed by atoms with Crippen molar-refractivity contribution in [2.45, 2.75) is 13.0 Å². The molecule has 0 saturated heterocycles. The van der Waals surface area contributed by atoms with E-state index in [1.54, 1.807) is 11.4 Å². The number of thiophene rings is 2. The maximum absolute atomic E-state index is 12.3. The number of carbonyl (C=O) groups excluding carboxylic acids is 4. The van der Waals surface area contributed by atoms with Crippen LogP contribution in [0.25, 0.3) is 0 Å². The van der Waals surface area contributed by atoms with E-state index in [1.165, 1.54) is 24.3 Å². The van der Waals surface area contributed by atoms with Crippen LogP contribution in [0, 0.1) is 0 Å². The molecule has 0 aromatic carbocycles. The van der Waals surface area contributed by atoms with E-state index in [4.69, 9.17) is 0 Å². The minimum absolute atomic E-state index is 0. The summed E-state index contributed by atoms with van der Waals surface area (Å²) in [5.74, 6) is -2.64. The summed E-state index contributed by atoms with van der Waals surface area (Å²) in [6.45, 7) is 1.27. The van der Waals surface area contributed by atoms with Gasteiger partial charge in [-0.3, -0.25) is 14.4 Å². The molecule has 0 spiro atoms. The SMILES string of the molecule is C[C@H](NC(=O)c1cc2c(s1)C(=O)c1ccsc1C2=O)C(=O)[O-].[Na+]. The molecule has 1 aliphatic rings. The molecule has 1 atom stereocenters. The van der Waals surface area contributed by atoms with Gasteiger partial charge in [0.15, 0.2) is 0 Å². The Hall–Kier alpha value is -1.32. The molecule has 1 N–H and O–H groups in total. The predicted octanol–water partition coefficient (Wildman–Crippen LogP) is -2.54. The minimum Gasteiger partial charge on any atom is -0.548 e. The van der Waals surface area contributed by atoms with Crippen LogP contribution in [0.2, 0.25) is 0 Å². The van der Waals surface area contributed by atoms with Crippen LogP contribution in [0.1, 0.15) is 47.1 Å². The van der Waals surface area contributed by atoms with Crippen molar-refractivity contribution in [2.24, 2.45) is 0 Å². The fraction of sp³-hybridized carbons (Fsp3) is 0.143. The summed E-state index contributed by atoms with van der Waals surface area (Å²) in [6, 6.07) is 1.75. The van der Waals surface area contributed by atoms with E-state index in [-0.39, 0.29) is 56.4 Å². The second-order valence-electron chi connectivity index (χ2n) is 4.69. The Morgan fingerprint density at radius 1 is 1.17 bits per heavy atom. The van der Waals surface area contributed by atoms with Crippen LogP contribution in [0.4, 0.5) is 0 Å². The van der Waals surface area contributed by atoms with Gasteiger partial charge in [0.2, 0.25) is 11.6 Å². The first-order valence-electron chi connectivity index (χ1n) is 6.22. The Kier molecular flexibility index (Phi) is 5.22. The summed E-state index contributed by atoms with van der Waals surface area (Å²) in [5, 5.41) is 14.6. The van der Waals surface area contributed by atoms with Crippen molar-refractivity contribution in [3.05, 3.63) is 43.3 Å². The summed E-state index contributed by atoms with van der Waals surface area (Å²) in [5.41, 5.74) is 0.538. The number of carbonyl (C=O) groups is 4. The maximum Gasteiger partial charge on any atom is 1.00 e. The van der Waals surface area contributed by atoms with Crippen molar-refractivity contribution < 1.29 is 53.8 Å². The van der Waals surface area contributed by atoms with Gasteiger partial charge >= 0.3 is 29.6 Å². The van der Waals surface area contributed by atoms with Crippen molar-refractivity contribution in [3.63, 3.8) is 0 Å². The Labute approximate surface area is 160 Å². The second-order valence-corrected chi connectivity index (χ2v) is 6.66. The largest absolute Gasteiger partial charge is 1.00 e. The quantitative estimate of drug-likeness (QED) is 0.520. The average molecular weight is 357 g/mol. The molecule has 0 bridgehead atoms. The molecule has 112 valence electrons. The van der Waals surface area contributed by atoms with Gasteiger partial charge in [-0.05, 0) is 24.4 Å². The topological polar surface area (TPSA) is 103 Å². The molecule has 2 aromatic heterocycles. The van der Waals surface area contributed by atoms with Crippen molar-refractivity contribution in [3.8, 4) is 0 Å². The molecule has 1 aliphatic carbocycles. The second kappa shape index (κ2) is 6.66.